The molecule has 3 heteroatoms. The first kappa shape index (κ1) is 15.3. The zero-order chi connectivity index (χ0) is 16.6. The van der Waals surface area contributed by atoms with Gasteiger partial charge in [-0.2, -0.15) is 0 Å². The second-order valence-electron chi connectivity index (χ2n) is 6.01. The molecule has 0 radical (unpaired) electrons. The molecule has 0 bridgehead atoms. The number of nitrogens with one attached hydrogen (secondary N) is 1. The molecule has 23 heavy (non-hydrogen) atoms. The molecule has 3 rings (SSSR count). The zero-order valence-corrected chi connectivity index (χ0v) is 14.0. The van der Waals surface area contributed by atoms with Crippen LogP contribution >= 0.6 is 0 Å². The topological polar surface area (TPSA) is 42.2 Å². The molecule has 0 fully saturated rings. The highest BCUT2D eigenvalue weighted by Crippen LogP contribution is 2.27. The largest absolute Gasteiger partial charge is 0.451 e. The van der Waals surface area contributed by atoms with Crippen LogP contribution < -0.4 is 5.32 Å². The van der Waals surface area contributed by atoms with Crippen LogP contribution in [0.2, 0.25) is 0 Å². The average molecular weight is 307 g/mol. The standard InChI is InChI=1S/C20H21NO2/c1-5-15-7-9-18-16(11-15)14(4)19(23-18)20(22)21-17-8-6-12(2)10-13(17)3/h6-11H,5H2,1-4H3,(H,21,22). The molecule has 0 unspecified atom stereocenters. The van der Waals surface area contributed by atoms with Crippen molar-refractivity contribution in [3.05, 3.63) is 64.4 Å². The molecule has 0 aliphatic carbocycles. The summed E-state index contributed by atoms with van der Waals surface area (Å²) < 4.78 is 5.78. The summed E-state index contributed by atoms with van der Waals surface area (Å²) in [5.74, 6) is 0.178. The minimum absolute atomic E-state index is 0.205. The van der Waals surface area contributed by atoms with E-state index in [2.05, 4.69) is 24.4 Å². The van der Waals surface area contributed by atoms with E-state index in [1.165, 1.54) is 11.1 Å². The van der Waals surface area contributed by atoms with Gasteiger partial charge in [0.15, 0.2) is 5.76 Å². The van der Waals surface area contributed by atoms with Crippen molar-refractivity contribution >= 4 is 22.6 Å². The normalized spacial score (nSPS) is 11.0. The molecule has 3 nitrogen and oxygen atoms in total. The predicted molar refractivity (Wildman–Crippen MR) is 94.2 cm³/mol. The van der Waals surface area contributed by atoms with E-state index in [1.807, 2.05) is 45.0 Å². The molecule has 1 heterocycles. The molecule has 0 aliphatic rings. The van der Waals surface area contributed by atoms with Gasteiger partial charge in [0.1, 0.15) is 5.58 Å². The van der Waals surface area contributed by atoms with Gasteiger partial charge in [-0.05, 0) is 56.5 Å². The minimum Gasteiger partial charge on any atom is -0.451 e. The molecule has 0 aliphatic heterocycles. The van der Waals surface area contributed by atoms with Crippen molar-refractivity contribution in [1.82, 2.24) is 0 Å². The number of aryl methyl sites for hydroxylation is 4. The molecule has 3 aromatic rings. The molecule has 2 aromatic carbocycles. The average Bonchev–Trinajstić information content (AvgIpc) is 2.86. The van der Waals surface area contributed by atoms with Crippen LogP contribution in [-0.2, 0) is 6.42 Å². The molecule has 1 amide bonds. The quantitative estimate of drug-likeness (QED) is 0.725. The van der Waals surface area contributed by atoms with Gasteiger partial charge >= 0.3 is 0 Å². The molecular weight excluding hydrogens is 286 g/mol. The summed E-state index contributed by atoms with van der Waals surface area (Å²) in [6.45, 7) is 8.07. The Morgan fingerprint density at radius 1 is 1.09 bits per heavy atom. The van der Waals surface area contributed by atoms with E-state index >= 15 is 0 Å². The van der Waals surface area contributed by atoms with Gasteiger partial charge in [0.25, 0.3) is 5.91 Å². The van der Waals surface area contributed by atoms with Crippen LogP contribution in [0.1, 0.15) is 39.7 Å². The second kappa shape index (κ2) is 5.92. The molecule has 0 atom stereocenters. The number of benzene rings is 2. The number of rotatable bonds is 3. The zero-order valence-electron chi connectivity index (χ0n) is 14.0. The van der Waals surface area contributed by atoms with Crippen LogP contribution in [0.3, 0.4) is 0 Å². The van der Waals surface area contributed by atoms with Crippen LogP contribution in [0.15, 0.2) is 40.8 Å². The van der Waals surface area contributed by atoms with Crippen LogP contribution in [0.4, 0.5) is 5.69 Å². The first-order valence-corrected chi connectivity index (χ1v) is 7.90. The number of hydrogen-bond acceptors (Lipinski definition) is 2. The Labute approximate surface area is 136 Å². The lowest BCUT2D eigenvalue weighted by Gasteiger charge is -2.08. The van der Waals surface area contributed by atoms with Crippen molar-refractivity contribution in [2.24, 2.45) is 0 Å². The fourth-order valence-electron chi connectivity index (χ4n) is 2.84. The van der Waals surface area contributed by atoms with Crippen LogP contribution in [-0.4, -0.2) is 5.91 Å². The smallest absolute Gasteiger partial charge is 0.291 e. The van der Waals surface area contributed by atoms with Crippen LogP contribution in [0.25, 0.3) is 11.0 Å². The molecule has 0 saturated carbocycles. The fraction of sp³-hybridized carbons (Fsp3) is 0.250. The van der Waals surface area contributed by atoms with Crippen molar-refractivity contribution in [1.29, 1.82) is 0 Å². The van der Waals surface area contributed by atoms with Crippen molar-refractivity contribution in [2.45, 2.75) is 34.1 Å². The van der Waals surface area contributed by atoms with E-state index in [1.54, 1.807) is 0 Å². The first-order valence-electron chi connectivity index (χ1n) is 7.90. The SMILES string of the molecule is CCc1ccc2oc(C(=O)Nc3ccc(C)cc3C)c(C)c2c1. The van der Waals surface area contributed by atoms with Crippen LogP contribution in [0.5, 0.6) is 0 Å². The maximum absolute atomic E-state index is 12.6. The summed E-state index contributed by atoms with van der Waals surface area (Å²) in [5, 5.41) is 3.96. The van der Waals surface area contributed by atoms with Crippen molar-refractivity contribution < 1.29 is 9.21 Å². The van der Waals surface area contributed by atoms with Gasteiger partial charge in [-0.3, -0.25) is 4.79 Å². The van der Waals surface area contributed by atoms with Crippen molar-refractivity contribution in [3.63, 3.8) is 0 Å². The Hall–Kier alpha value is -2.55. The summed E-state index contributed by atoms with van der Waals surface area (Å²) in [6.07, 6.45) is 0.963. The third-order valence-corrected chi connectivity index (χ3v) is 4.25. The molecule has 1 N–H and O–H groups in total. The Morgan fingerprint density at radius 2 is 1.87 bits per heavy atom. The summed E-state index contributed by atoms with van der Waals surface area (Å²) >= 11 is 0. The first-order chi connectivity index (χ1) is 11.0. The number of furan rings is 1. The molecule has 118 valence electrons. The van der Waals surface area contributed by atoms with E-state index in [-0.39, 0.29) is 5.91 Å². The lowest BCUT2D eigenvalue weighted by molar-refractivity contribution is 0.0998. The number of hydrogen-bond donors (Lipinski definition) is 1. The number of fused-ring (bicyclic) bond motifs is 1. The van der Waals surface area contributed by atoms with E-state index in [0.717, 1.165) is 34.2 Å². The number of carbonyl (C=O) groups excluding carboxylic acids is 1. The van der Waals surface area contributed by atoms with Crippen LogP contribution in [0, 0.1) is 20.8 Å². The summed E-state index contributed by atoms with van der Waals surface area (Å²) in [6, 6.07) is 12.0. The molecular formula is C20H21NO2. The summed E-state index contributed by atoms with van der Waals surface area (Å²) in [4.78, 5) is 12.6. The maximum atomic E-state index is 12.6. The van der Waals surface area contributed by atoms with Gasteiger partial charge in [-0.15, -0.1) is 0 Å². The highest BCUT2D eigenvalue weighted by Gasteiger charge is 2.18. The van der Waals surface area contributed by atoms with Gasteiger partial charge < -0.3 is 9.73 Å². The van der Waals surface area contributed by atoms with Gasteiger partial charge in [-0.1, -0.05) is 30.7 Å². The van der Waals surface area contributed by atoms with Gasteiger partial charge in [0.2, 0.25) is 0 Å². The van der Waals surface area contributed by atoms with E-state index < -0.39 is 0 Å². The summed E-state index contributed by atoms with van der Waals surface area (Å²) in [7, 11) is 0. The third-order valence-electron chi connectivity index (χ3n) is 4.25. The highest BCUT2D eigenvalue weighted by atomic mass is 16.3. The van der Waals surface area contributed by atoms with Gasteiger partial charge in [-0.25, -0.2) is 0 Å². The third kappa shape index (κ3) is 2.87. The van der Waals surface area contributed by atoms with E-state index in [9.17, 15) is 4.79 Å². The maximum Gasteiger partial charge on any atom is 0.291 e. The van der Waals surface area contributed by atoms with Crippen molar-refractivity contribution in [3.8, 4) is 0 Å². The molecule has 0 spiro atoms. The van der Waals surface area contributed by atoms with E-state index in [0.29, 0.717) is 5.76 Å². The predicted octanol–water partition coefficient (Wildman–Crippen LogP) is 5.17. The monoisotopic (exact) mass is 307 g/mol. The van der Waals surface area contributed by atoms with E-state index in [4.69, 9.17) is 4.42 Å². The molecule has 1 aromatic heterocycles. The minimum atomic E-state index is -0.205. The molecule has 0 saturated heterocycles. The Kier molecular flexibility index (Phi) is 3.95. The number of carbonyl (C=O) groups is 1. The Bertz CT molecular complexity index is 890. The van der Waals surface area contributed by atoms with Gasteiger partial charge in [0.05, 0.1) is 0 Å². The number of amides is 1. The van der Waals surface area contributed by atoms with Gasteiger partial charge in [0, 0.05) is 16.6 Å². The lowest BCUT2D eigenvalue weighted by atomic mass is 10.1. The Balaban J connectivity index is 1.96. The second-order valence-corrected chi connectivity index (χ2v) is 6.01. The number of anilines is 1. The Morgan fingerprint density at radius 3 is 2.57 bits per heavy atom. The van der Waals surface area contributed by atoms with Crippen molar-refractivity contribution in [2.75, 3.05) is 5.32 Å². The summed E-state index contributed by atoms with van der Waals surface area (Å²) in [5.41, 5.74) is 5.91. The fourth-order valence-corrected chi connectivity index (χ4v) is 2.84. The lowest BCUT2D eigenvalue weighted by Crippen LogP contribution is -2.13. The highest BCUT2D eigenvalue weighted by molar-refractivity contribution is 6.06.